The third-order valence-corrected chi connectivity index (χ3v) is 4.38. The number of carbonyl (C=O) groups excluding carboxylic acids is 1. The molecular formula is C18H22N2O4. The maximum atomic E-state index is 12.3. The minimum atomic E-state index is -0.330. The minimum Gasteiger partial charge on any atom is -0.487 e. The van der Waals surface area contributed by atoms with Crippen LogP contribution in [0, 0.1) is 13.8 Å². The van der Waals surface area contributed by atoms with Crippen molar-refractivity contribution in [3.05, 3.63) is 40.8 Å². The van der Waals surface area contributed by atoms with Gasteiger partial charge in [0.25, 0.3) is 0 Å². The molecule has 128 valence electrons. The van der Waals surface area contributed by atoms with Crippen LogP contribution in [-0.4, -0.2) is 17.2 Å². The summed E-state index contributed by atoms with van der Waals surface area (Å²) in [5.41, 5.74) is 8.54. The zero-order valence-electron chi connectivity index (χ0n) is 14.0. The van der Waals surface area contributed by atoms with E-state index in [-0.39, 0.29) is 18.7 Å². The molecule has 0 aliphatic heterocycles. The van der Waals surface area contributed by atoms with E-state index in [1.165, 1.54) is 0 Å². The van der Waals surface area contributed by atoms with Crippen LogP contribution < -0.4 is 10.5 Å². The molecule has 1 aliphatic rings. The molecule has 1 aromatic heterocycles. The number of nitrogen functional groups attached to an aromatic ring is 1. The van der Waals surface area contributed by atoms with Crippen molar-refractivity contribution in [3.63, 3.8) is 0 Å². The van der Waals surface area contributed by atoms with E-state index in [4.69, 9.17) is 19.7 Å². The molecule has 2 N–H and O–H groups in total. The van der Waals surface area contributed by atoms with Gasteiger partial charge in [0.15, 0.2) is 0 Å². The molecule has 0 radical (unpaired) electrons. The summed E-state index contributed by atoms with van der Waals surface area (Å²) in [6.07, 6.45) is 4.14. The van der Waals surface area contributed by atoms with E-state index in [0.29, 0.717) is 22.8 Å². The van der Waals surface area contributed by atoms with Gasteiger partial charge in [-0.15, -0.1) is 0 Å². The van der Waals surface area contributed by atoms with Crippen molar-refractivity contribution in [2.45, 2.75) is 52.2 Å². The van der Waals surface area contributed by atoms with Gasteiger partial charge in [-0.05, 0) is 57.7 Å². The van der Waals surface area contributed by atoms with Gasteiger partial charge in [0, 0.05) is 0 Å². The molecule has 3 rings (SSSR count). The van der Waals surface area contributed by atoms with Gasteiger partial charge in [0.2, 0.25) is 0 Å². The van der Waals surface area contributed by atoms with E-state index < -0.39 is 0 Å². The summed E-state index contributed by atoms with van der Waals surface area (Å²) in [5, 5.41) is 3.89. The van der Waals surface area contributed by atoms with Gasteiger partial charge >= 0.3 is 5.97 Å². The molecule has 0 atom stereocenters. The lowest BCUT2D eigenvalue weighted by Gasteiger charge is -2.13. The molecule has 0 saturated heterocycles. The summed E-state index contributed by atoms with van der Waals surface area (Å²) in [7, 11) is 0. The molecule has 0 amide bonds. The summed E-state index contributed by atoms with van der Waals surface area (Å²) < 4.78 is 16.4. The van der Waals surface area contributed by atoms with Crippen LogP contribution in [0.3, 0.4) is 0 Å². The topological polar surface area (TPSA) is 87.6 Å². The molecule has 6 heteroatoms. The van der Waals surface area contributed by atoms with Crippen LogP contribution in [0.25, 0.3) is 0 Å². The summed E-state index contributed by atoms with van der Waals surface area (Å²) in [6.45, 7) is 3.97. The fourth-order valence-electron chi connectivity index (χ4n) is 2.87. The van der Waals surface area contributed by atoms with Gasteiger partial charge in [-0.3, -0.25) is 0 Å². The number of aryl methyl sites for hydroxylation is 2. The number of ether oxygens (including phenoxy) is 2. The number of carbonyl (C=O) groups is 1. The van der Waals surface area contributed by atoms with Crippen molar-refractivity contribution >= 4 is 11.7 Å². The fourth-order valence-corrected chi connectivity index (χ4v) is 2.87. The number of benzene rings is 1. The van der Waals surface area contributed by atoms with Crippen molar-refractivity contribution in [1.82, 2.24) is 5.16 Å². The number of anilines is 1. The van der Waals surface area contributed by atoms with Gasteiger partial charge in [-0.2, -0.15) is 0 Å². The zero-order chi connectivity index (χ0) is 17.1. The SMILES string of the molecule is Cc1noc(C)c1COc1cc(C(=O)OC2CCCC2)ccc1N. The van der Waals surface area contributed by atoms with Crippen LogP contribution in [0.2, 0.25) is 0 Å². The van der Waals surface area contributed by atoms with E-state index in [9.17, 15) is 4.79 Å². The van der Waals surface area contributed by atoms with Gasteiger partial charge in [-0.1, -0.05) is 5.16 Å². The van der Waals surface area contributed by atoms with Crippen molar-refractivity contribution < 1.29 is 18.8 Å². The van der Waals surface area contributed by atoms with Gasteiger partial charge in [-0.25, -0.2) is 4.79 Å². The Labute approximate surface area is 140 Å². The van der Waals surface area contributed by atoms with E-state index in [2.05, 4.69) is 5.16 Å². The van der Waals surface area contributed by atoms with Crippen molar-refractivity contribution in [1.29, 1.82) is 0 Å². The lowest BCUT2D eigenvalue weighted by Crippen LogP contribution is -2.15. The maximum absolute atomic E-state index is 12.3. The molecule has 1 saturated carbocycles. The van der Waals surface area contributed by atoms with E-state index in [1.807, 2.05) is 13.8 Å². The Morgan fingerprint density at radius 1 is 1.33 bits per heavy atom. The quantitative estimate of drug-likeness (QED) is 0.666. The summed E-state index contributed by atoms with van der Waals surface area (Å²) >= 11 is 0. The summed E-state index contributed by atoms with van der Waals surface area (Å²) in [6, 6.07) is 4.95. The largest absolute Gasteiger partial charge is 0.487 e. The molecule has 1 heterocycles. The molecule has 6 nitrogen and oxygen atoms in total. The highest BCUT2D eigenvalue weighted by atomic mass is 16.5. The number of nitrogens with two attached hydrogens (primary N) is 1. The predicted molar refractivity (Wildman–Crippen MR) is 88.8 cm³/mol. The Morgan fingerprint density at radius 2 is 2.08 bits per heavy atom. The average molecular weight is 330 g/mol. The Balaban J connectivity index is 1.70. The number of hydrogen-bond acceptors (Lipinski definition) is 6. The smallest absolute Gasteiger partial charge is 0.338 e. The second-order valence-electron chi connectivity index (χ2n) is 6.16. The van der Waals surface area contributed by atoms with Crippen LogP contribution in [0.4, 0.5) is 5.69 Å². The lowest BCUT2D eigenvalue weighted by atomic mass is 10.2. The third-order valence-electron chi connectivity index (χ3n) is 4.38. The first-order valence-electron chi connectivity index (χ1n) is 8.19. The molecule has 0 unspecified atom stereocenters. The Morgan fingerprint density at radius 3 is 2.75 bits per heavy atom. The first kappa shape index (κ1) is 16.4. The number of nitrogens with zero attached hydrogens (tertiary/aromatic N) is 1. The number of rotatable bonds is 5. The highest BCUT2D eigenvalue weighted by Crippen LogP contribution is 2.27. The summed E-state index contributed by atoms with van der Waals surface area (Å²) in [5.74, 6) is 0.836. The molecule has 0 bridgehead atoms. The molecular weight excluding hydrogens is 308 g/mol. The molecule has 24 heavy (non-hydrogen) atoms. The van der Waals surface area contributed by atoms with Gasteiger partial charge in [0.05, 0.1) is 22.5 Å². The Bertz CT molecular complexity index is 713. The van der Waals surface area contributed by atoms with Crippen LogP contribution in [0.5, 0.6) is 5.75 Å². The Hall–Kier alpha value is -2.50. The molecule has 1 fully saturated rings. The minimum absolute atomic E-state index is 0.0294. The van der Waals surface area contributed by atoms with Crippen molar-refractivity contribution in [3.8, 4) is 5.75 Å². The van der Waals surface area contributed by atoms with E-state index >= 15 is 0 Å². The average Bonchev–Trinajstić information content (AvgIpc) is 3.17. The monoisotopic (exact) mass is 330 g/mol. The highest BCUT2D eigenvalue weighted by molar-refractivity contribution is 5.90. The second kappa shape index (κ2) is 6.95. The molecule has 1 aliphatic carbocycles. The fraction of sp³-hybridized carbons (Fsp3) is 0.444. The summed E-state index contributed by atoms with van der Waals surface area (Å²) in [4.78, 5) is 12.3. The lowest BCUT2D eigenvalue weighted by molar-refractivity contribution is 0.0317. The predicted octanol–water partition coefficient (Wildman–Crippen LogP) is 3.55. The Kier molecular flexibility index (Phi) is 4.74. The van der Waals surface area contributed by atoms with Crippen LogP contribution >= 0.6 is 0 Å². The van der Waals surface area contributed by atoms with Crippen LogP contribution in [0.15, 0.2) is 22.7 Å². The van der Waals surface area contributed by atoms with E-state index in [0.717, 1.165) is 36.9 Å². The van der Waals surface area contributed by atoms with Crippen LogP contribution in [-0.2, 0) is 11.3 Å². The van der Waals surface area contributed by atoms with Crippen molar-refractivity contribution in [2.75, 3.05) is 5.73 Å². The van der Waals surface area contributed by atoms with Crippen LogP contribution in [0.1, 0.15) is 53.1 Å². The molecule has 1 aromatic carbocycles. The number of hydrogen-bond donors (Lipinski definition) is 1. The van der Waals surface area contributed by atoms with E-state index in [1.54, 1.807) is 18.2 Å². The normalized spacial score (nSPS) is 14.8. The highest BCUT2D eigenvalue weighted by Gasteiger charge is 2.21. The maximum Gasteiger partial charge on any atom is 0.338 e. The first-order chi connectivity index (χ1) is 11.5. The molecule has 2 aromatic rings. The first-order valence-corrected chi connectivity index (χ1v) is 8.19. The molecule has 0 spiro atoms. The van der Waals surface area contributed by atoms with Crippen molar-refractivity contribution in [2.24, 2.45) is 0 Å². The number of esters is 1. The van der Waals surface area contributed by atoms with Gasteiger partial charge in [0.1, 0.15) is 24.2 Å². The second-order valence-corrected chi connectivity index (χ2v) is 6.16. The number of aromatic nitrogens is 1. The van der Waals surface area contributed by atoms with Gasteiger partial charge < -0.3 is 19.7 Å². The zero-order valence-corrected chi connectivity index (χ0v) is 14.0. The third kappa shape index (κ3) is 3.53. The standard InChI is InChI=1S/C18H22N2O4/c1-11-15(12(2)24-20-11)10-22-17-9-13(7-8-16(17)19)18(21)23-14-5-3-4-6-14/h7-9,14H,3-6,10,19H2,1-2H3.